The average molecular weight is 251 g/mol. The van der Waals surface area contributed by atoms with Crippen molar-refractivity contribution in [2.75, 3.05) is 5.32 Å². The second kappa shape index (κ2) is 5.98. The average Bonchev–Trinajstić information content (AvgIpc) is 2.37. The second-order valence-electron chi connectivity index (χ2n) is 4.41. The van der Waals surface area contributed by atoms with E-state index in [0.29, 0.717) is 29.7 Å². The summed E-state index contributed by atoms with van der Waals surface area (Å²) in [5, 5.41) is 22.7. The van der Waals surface area contributed by atoms with Crippen molar-refractivity contribution < 1.29 is 15.0 Å². The molecule has 0 radical (unpaired) electrons. The van der Waals surface area contributed by atoms with Crippen LogP contribution in [0.3, 0.4) is 0 Å². The largest absolute Gasteiger partial charge is 0.392 e. The molecule has 0 aromatic heterocycles. The van der Waals surface area contributed by atoms with Gasteiger partial charge in [-0.25, -0.2) is 0 Å². The highest BCUT2D eigenvalue weighted by atomic mass is 16.3. The summed E-state index contributed by atoms with van der Waals surface area (Å²) in [5.74, 6) is -0.196. The molecule has 0 unspecified atom stereocenters. The van der Waals surface area contributed by atoms with E-state index in [2.05, 4.69) is 5.32 Å². The van der Waals surface area contributed by atoms with Crippen molar-refractivity contribution in [3.8, 4) is 0 Å². The first kappa shape index (κ1) is 14.7. The van der Waals surface area contributed by atoms with E-state index in [-0.39, 0.29) is 12.5 Å². The first-order valence-electron chi connectivity index (χ1n) is 6.21. The minimum atomic E-state index is -0.966. The van der Waals surface area contributed by atoms with Crippen LogP contribution in [-0.2, 0) is 17.0 Å². The zero-order chi connectivity index (χ0) is 13.8. The van der Waals surface area contributed by atoms with Crippen LogP contribution in [0.2, 0.25) is 0 Å². The highest BCUT2D eigenvalue weighted by Gasteiger charge is 2.28. The van der Waals surface area contributed by atoms with Crippen LogP contribution in [0.25, 0.3) is 0 Å². The van der Waals surface area contributed by atoms with E-state index < -0.39 is 5.60 Å². The third kappa shape index (κ3) is 2.89. The molecular weight excluding hydrogens is 230 g/mol. The van der Waals surface area contributed by atoms with Crippen LogP contribution in [0.1, 0.15) is 44.7 Å². The summed E-state index contributed by atoms with van der Waals surface area (Å²) in [7, 11) is 0. The molecular formula is C14H21NO3. The molecule has 4 nitrogen and oxygen atoms in total. The molecule has 0 fully saturated rings. The molecule has 18 heavy (non-hydrogen) atoms. The Morgan fingerprint density at radius 2 is 1.94 bits per heavy atom. The predicted octanol–water partition coefficient (Wildman–Crippen LogP) is 2.14. The lowest BCUT2D eigenvalue weighted by Gasteiger charge is -2.29. The van der Waals surface area contributed by atoms with Gasteiger partial charge in [-0.05, 0) is 24.5 Å². The quantitative estimate of drug-likeness (QED) is 0.751. The van der Waals surface area contributed by atoms with E-state index in [4.69, 9.17) is 0 Å². The Hall–Kier alpha value is -1.39. The maximum atomic E-state index is 11.1. The minimum absolute atomic E-state index is 0.196. The fourth-order valence-corrected chi connectivity index (χ4v) is 2.13. The van der Waals surface area contributed by atoms with E-state index in [1.165, 1.54) is 6.92 Å². The molecule has 0 aliphatic carbocycles. The lowest BCUT2D eigenvalue weighted by Crippen LogP contribution is -2.26. The Labute approximate surface area is 108 Å². The van der Waals surface area contributed by atoms with Crippen molar-refractivity contribution in [1.82, 2.24) is 0 Å². The topological polar surface area (TPSA) is 69.6 Å². The molecule has 0 saturated carbocycles. The van der Waals surface area contributed by atoms with Gasteiger partial charge in [0.2, 0.25) is 5.91 Å². The van der Waals surface area contributed by atoms with Crippen LogP contribution in [0, 0.1) is 0 Å². The molecule has 0 bridgehead atoms. The second-order valence-corrected chi connectivity index (χ2v) is 4.41. The van der Waals surface area contributed by atoms with Crippen LogP contribution in [0.15, 0.2) is 18.2 Å². The van der Waals surface area contributed by atoms with Gasteiger partial charge >= 0.3 is 0 Å². The summed E-state index contributed by atoms with van der Waals surface area (Å²) in [6.45, 7) is 5.00. The molecule has 0 atom stereocenters. The standard InChI is InChI=1S/C14H21NO3/c1-4-14(18,5-2)12-7-6-8-13(11(12)9-16)15-10(3)17/h6-8,16,18H,4-5,9H2,1-3H3,(H,15,17). The predicted molar refractivity (Wildman–Crippen MR) is 71.1 cm³/mol. The fraction of sp³-hybridized carbons (Fsp3) is 0.500. The Bertz CT molecular complexity index is 425. The van der Waals surface area contributed by atoms with Gasteiger partial charge in [0.25, 0.3) is 0 Å². The zero-order valence-corrected chi connectivity index (χ0v) is 11.2. The van der Waals surface area contributed by atoms with Gasteiger partial charge in [-0.3, -0.25) is 4.79 Å². The van der Waals surface area contributed by atoms with E-state index >= 15 is 0 Å². The summed E-state index contributed by atoms with van der Waals surface area (Å²) in [5.41, 5.74) is 0.856. The number of anilines is 1. The minimum Gasteiger partial charge on any atom is -0.392 e. The molecule has 0 aliphatic rings. The lowest BCUT2D eigenvalue weighted by molar-refractivity contribution is -0.114. The van der Waals surface area contributed by atoms with Gasteiger partial charge in [-0.15, -0.1) is 0 Å². The molecule has 1 aromatic rings. The number of benzene rings is 1. The van der Waals surface area contributed by atoms with E-state index in [9.17, 15) is 15.0 Å². The molecule has 4 heteroatoms. The number of aliphatic hydroxyl groups excluding tert-OH is 1. The van der Waals surface area contributed by atoms with Crippen molar-refractivity contribution in [3.63, 3.8) is 0 Å². The first-order valence-corrected chi connectivity index (χ1v) is 6.21. The van der Waals surface area contributed by atoms with Crippen molar-refractivity contribution in [2.45, 2.75) is 45.8 Å². The van der Waals surface area contributed by atoms with Crippen molar-refractivity contribution in [2.24, 2.45) is 0 Å². The summed E-state index contributed by atoms with van der Waals surface area (Å²) >= 11 is 0. The van der Waals surface area contributed by atoms with Gasteiger partial charge in [0.05, 0.1) is 12.2 Å². The van der Waals surface area contributed by atoms with Crippen molar-refractivity contribution in [3.05, 3.63) is 29.3 Å². The number of hydrogen-bond donors (Lipinski definition) is 3. The maximum Gasteiger partial charge on any atom is 0.221 e. The highest BCUT2D eigenvalue weighted by molar-refractivity contribution is 5.89. The molecule has 1 amide bonds. The molecule has 0 spiro atoms. The van der Waals surface area contributed by atoms with Crippen LogP contribution < -0.4 is 5.32 Å². The number of amides is 1. The van der Waals surface area contributed by atoms with Gasteiger partial charge in [0, 0.05) is 18.2 Å². The monoisotopic (exact) mass is 251 g/mol. The van der Waals surface area contributed by atoms with Gasteiger partial charge in [0.1, 0.15) is 0 Å². The molecule has 0 saturated heterocycles. The number of carbonyl (C=O) groups excluding carboxylic acids is 1. The third-order valence-electron chi connectivity index (χ3n) is 3.32. The number of rotatable bonds is 5. The molecule has 1 rings (SSSR count). The van der Waals surface area contributed by atoms with Crippen molar-refractivity contribution in [1.29, 1.82) is 0 Å². The molecule has 100 valence electrons. The summed E-state index contributed by atoms with van der Waals surface area (Å²) in [6.07, 6.45) is 1.11. The maximum absolute atomic E-state index is 11.1. The Kier molecular flexibility index (Phi) is 4.87. The summed E-state index contributed by atoms with van der Waals surface area (Å²) in [4.78, 5) is 11.1. The normalized spacial score (nSPS) is 11.4. The smallest absolute Gasteiger partial charge is 0.221 e. The van der Waals surface area contributed by atoms with E-state index in [1.54, 1.807) is 18.2 Å². The summed E-state index contributed by atoms with van der Waals surface area (Å²) < 4.78 is 0. The van der Waals surface area contributed by atoms with Gasteiger partial charge in [-0.1, -0.05) is 26.0 Å². The fourth-order valence-electron chi connectivity index (χ4n) is 2.13. The van der Waals surface area contributed by atoms with Crippen LogP contribution >= 0.6 is 0 Å². The summed E-state index contributed by atoms with van der Waals surface area (Å²) in [6, 6.07) is 5.29. The molecule has 1 aromatic carbocycles. The third-order valence-corrected chi connectivity index (χ3v) is 3.32. The van der Waals surface area contributed by atoms with E-state index in [1.807, 2.05) is 13.8 Å². The van der Waals surface area contributed by atoms with E-state index in [0.717, 1.165) is 0 Å². The highest BCUT2D eigenvalue weighted by Crippen LogP contribution is 2.34. The Morgan fingerprint density at radius 1 is 1.33 bits per heavy atom. The molecule has 3 N–H and O–H groups in total. The Morgan fingerprint density at radius 3 is 2.39 bits per heavy atom. The molecule has 0 aliphatic heterocycles. The van der Waals surface area contributed by atoms with Gasteiger partial charge < -0.3 is 15.5 Å². The van der Waals surface area contributed by atoms with Crippen LogP contribution in [0.4, 0.5) is 5.69 Å². The van der Waals surface area contributed by atoms with Gasteiger partial charge in [0.15, 0.2) is 0 Å². The lowest BCUT2D eigenvalue weighted by atomic mass is 9.85. The number of hydrogen-bond acceptors (Lipinski definition) is 3. The SMILES string of the molecule is CCC(O)(CC)c1cccc(NC(C)=O)c1CO. The Balaban J connectivity index is 3.32. The number of aliphatic hydroxyl groups is 2. The number of nitrogens with one attached hydrogen (secondary N) is 1. The van der Waals surface area contributed by atoms with Crippen LogP contribution in [0.5, 0.6) is 0 Å². The molecule has 0 heterocycles. The number of carbonyl (C=O) groups is 1. The van der Waals surface area contributed by atoms with Gasteiger partial charge in [-0.2, -0.15) is 0 Å². The zero-order valence-electron chi connectivity index (χ0n) is 11.2. The van der Waals surface area contributed by atoms with Crippen LogP contribution in [-0.4, -0.2) is 16.1 Å². The first-order chi connectivity index (χ1) is 8.48. The van der Waals surface area contributed by atoms with Crippen molar-refractivity contribution >= 4 is 11.6 Å².